The Morgan fingerprint density at radius 1 is 1.41 bits per heavy atom. The molecular weight excluding hydrogens is 364 g/mol. The van der Waals surface area contributed by atoms with E-state index in [-0.39, 0.29) is 23.6 Å². The van der Waals surface area contributed by atoms with Crippen LogP contribution in [0.4, 0.5) is 0 Å². The molecule has 3 heterocycles. The third-order valence-electron chi connectivity index (χ3n) is 4.35. The van der Waals surface area contributed by atoms with Crippen molar-refractivity contribution in [3.63, 3.8) is 0 Å². The van der Waals surface area contributed by atoms with E-state index in [1.807, 2.05) is 19.1 Å². The number of rotatable bonds is 6. The summed E-state index contributed by atoms with van der Waals surface area (Å²) in [6.45, 7) is 6.56. The van der Waals surface area contributed by atoms with Crippen LogP contribution >= 0.6 is 11.8 Å². The van der Waals surface area contributed by atoms with Crippen LogP contribution in [0.25, 0.3) is 0 Å². The summed E-state index contributed by atoms with van der Waals surface area (Å²) in [5.41, 5.74) is 7.49. The van der Waals surface area contributed by atoms with Crippen molar-refractivity contribution in [2.75, 3.05) is 7.11 Å². The van der Waals surface area contributed by atoms with Gasteiger partial charge in [0.15, 0.2) is 11.0 Å². The first-order valence-electron chi connectivity index (χ1n) is 8.67. The highest BCUT2D eigenvalue weighted by molar-refractivity contribution is 8.15. The van der Waals surface area contributed by atoms with E-state index in [1.54, 1.807) is 25.1 Å². The molecule has 2 aromatic heterocycles. The number of nitrogens with zero attached hydrogens (tertiary/aromatic N) is 3. The monoisotopic (exact) mass is 388 g/mol. The van der Waals surface area contributed by atoms with Crippen LogP contribution in [0.5, 0.6) is 0 Å². The van der Waals surface area contributed by atoms with Crippen LogP contribution in [-0.2, 0) is 23.3 Å². The second-order valence-corrected chi connectivity index (χ2v) is 9.20. The zero-order valence-electron chi connectivity index (χ0n) is 16.0. The smallest absolute Gasteiger partial charge is 0.220 e. The number of carbonyl (C=O) groups excluding carboxylic acids is 1. The third-order valence-corrected chi connectivity index (χ3v) is 5.35. The van der Waals surface area contributed by atoms with Crippen LogP contribution in [-0.4, -0.2) is 32.8 Å². The molecule has 0 saturated heterocycles. The molecule has 0 aromatic carbocycles. The van der Waals surface area contributed by atoms with Crippen molar-refractivity contribution in [3.05, 3.63) is 47.4 Å². The van der Waals surface area contributed by atoms with E-state index in [0.29, 0.717) is 16.8 Å². The van der Waals surface area contributed by atoms with Crippen molar-refractivity contribution in [2.24, 2.45) is 10.7 Å². The minimum Gasteiger partial charge on any atom is -0.446 e. The summed E-state index contributed by atoms with van der Waals surface area (Å²) >= 11 is 1.58. The molecule has 1 aliphatic rings. The zero-order chi connectivity index (χ0) is 19.7. The van der Waals surface area contributed by atoms with E-state index >= 15 is 0 Å². The molecule has 1 atom stereocenters. The van der Waals surface area contributed by atoms with Gasteiger partial charge in [0.2, 0.25) is 5.89 Å². The Kier molecular flexibility index (Phi) is 5.39. The van der Waals surface area contributed by atoms with Gasteiger partial charge in [0.05, 0.1) is 5.69 Å². The summed E-state index contributed by atoms with van der Waals surface area (Å²) in [5, 5.41) is 0.560. The van der Waals surface area contributed by atoms with Gasteiger partial charge >= 0.3 is 0 Å². The molecule has 2 N–H and O–H groups in total. The van der Waals surface area contributed by atoms with Crippen molar-refractivity contribution in [1.29, 1.82) is 0 Å². The number of oxazole rings is 1. The van der Waals surface area contributed by atoms with Gasteiger partial charge in [0.25, 0.3) is 0 Å². The number of hydrogen-bond donors (Lipinski definition) is 1. The molecule has 1 aliphatic heterocycles. The quantitative estimate of drug-likeness (QED) is 0.758. The van der Waals surface area contributed by atoms with E-state index in [9.17, 15) is 4.79 Å². The van der Waals surface area contributed by atoms with Crippen molar-refractivity contribution in [1.82, 2.24) is 9.97 Å². The summed E-state index contributed by atoms with van der Waals surface area (Å²) in [6.07, 6.45) is 4.09. The molecule has 0 radical (unpaired) electrons. The minimum atomic E-state index is -0.516. The fourth-order valence-corrected chi connectivity index (χ4v) is 4.55. The number of Topliss-reactive ketones (excluding diaryl/α,β-unsaturated/α-hetero) is 1. The topological polar surface area (TPSA) is 104 Å². The number of carbonyl (C=O) groups is 1. The van der Waals surface area contributed by atoms with Crippen LogP contribution in [0.1, 0.15) is 54.8 Å². The Balaban J connectivity index is 1.81. The maximum Gasteiger partial charge on any atom is 0.220 e. The first kappa shape index (κ1) is 19.6. The lowest BCUT2D eigenvalue weighted by molar-refractivity contribution is 0.0988. The number of ether oxygens (including phenoxy) is 1. The minimum absolute atomic E-state index is 0.0352. The van der Waals surface area contributed by atoms with Gasteiger partial charge in [-0.15, -0.1) is 0 Å². The largest absolute Gasteiger partial charge is 0.446 e. The molecule has 0 fully saturated rings. The maximum atomic E-state index is 12.5. The highest BCUT2D eigenvalue weighted by atomic mass is 32.2. The Labute approximate surface area is 162 Å². The Morgan fingerprint density at radius 3 is 2.89 bits per heavy atom. The van der Waals surface area contributed by atoms with Crippen molar-refractivity contribution in [3.8, 4) is 0 Å². The van der Waals surface area contributed by atoms with Crippen LogP contribution in [0.2, 0.25) is 0 Å². The van der Waals surface area contributed by atoms with Gasteiger partial charge in [-0.05, 0) is 31.0 Å². The molecule has 0 spiro atoms. The van der Waals surface area contributed by atoms with E-state index in [2.05, 4.69) is 28.8 Å². The van der Waals surface area contributed by atoms with Gasteiger partial charge in [0, 0.05) is 24.5 Å². The van der Waals surface area contributed by atoms with Crippen LogP contribution in [0, 0.1) is 0 Å². The molecule has 0 unspecified atom stereocenters. The lowest BCUT2D eigenvalue weighted by Gasteiger charge is -2.38. The summed E-state index contributed by atoms with van der Waals surface area (Å²) < 4.78 is 10.2. The van der Waals surface area contributed by atoms with E-state index in [1.165, 1.54) is 6.26 Å². The van der Waals surface area contributed by atoms with Crippen molar-refractivity contribution < 1.29 is 13.9 Å². The normalized spacial score (nSPS) is 21.7. The Hall–Kier alpha value is -2.19. The number of aromatic nitrogens is 2. The highest BCUT2D eigenvalue weighted by Crippen LogP contribution is 2.44. The molecule has 144 valence electrons. The number of pyridine rings is 1. The first-order valence-corrected chi connectivity index (χ1v) is 9.49. The number of thioether (sulfide) groups is 1. The second kappa shape index (κ2) is 7.44. The van der Waals surface area contributed by atoms with Crippen LogP contribution in [0.15, 0.2) is 34.0 Å². The SMILES string of the molecule is COCc1nc(C(=O)Cc2ccnc([C@]3(C)CC(C)(C)SC(N)=N3)c2)co1. The lowest BCUT2D eigenvalue weighted by Crippen LogP contribution is -2.38. The number of nitrogens with two attached hydrogens (primary N) is 1. The van der Waals surface area contributed by atoms with Gasteiger partial charge in [-0.1, -0.05) is 25.6 Å². The number of methoxy groups -OCH3 is 1. The number of aliphatic imine (C=N–C) groups is 1. The lowest BCUT2D eigenvalue weighted by atomic mass is 9.86. The highest BCUT2D eigenvalue weighted by Gasteiger charge is 2.40. The molecule has 0 saturated carbocycles. The van der Waals surface area contributed by atoms with Gasteiger partial charge < -0.3 is 14.9 Å². The van der Waals surface area contributed by atoms with Crippen molar-refractivity contribution in [2.45, 2.75) is 50.5 Å². The molecule has 0 amide bonds. The molecule has 27 heavy (non-hydrogen) atoms. The predicted molar refractivity (Wildman–Crippen MR) is 105 cm³/mol. The van der Waals surface area contributed by atoms with Crippen LogP contribution in [0.3, 0.4) is 0 Å². The third kappa shape index (κ3) is 4.56. The van der Waals surface area contributed by atoms with E-state index in [4.69, 9.17) is 14.9 Å². The summed E-state index contributed by atoms with van der Waals surface area (Å²) in [6, 6.07) is 3.76. The van der Waals surface area contributed by atoms with Crippen LogP contribution < -0.4 is 5.73 Å². The molecule has 3 rings (SSSR count). The fourth-order valence-electron chi connectivity index (χ4n) is 3.39. The number of amidine groups is 1. The standard InChI is InChI=1S/C19H24N4O3S/c1-18(2)11-19(3,23-17(20)27-18)15-8-12(5-6-21-15)7-14(24)13-9-26-16(22-13)10-25-4/h5-6,8-9H,7,10-11H2,1-4H3,(H2,20,23)/t19-/m0/s1. The van der Waals surface area contributed by atoms with E-state index in [0.717, 1.165) is 17.7 Å². The molecule has 2 aromatic rings. The van der Waals surface area contributed by atoms with E-state index < -0.39 is 5.54 Å². The second-order valence-electron chi connectivity index (χ2n) is 7.47. The van der Waals surface area contributed by atoms with Gasteiger partial charge in [-0.2, -0.15) is 0 Å². The first-order chi connectivity index (χ1) is 12.7. The molecule has 0 bridgehead atoms. The average Bonchev–Trinajstić information content (AvgIpc) is 3.02. The molecular formula is C19H24N4O3S. The number of ketones is 1. The van der Waals surface area contributed by atoms with Gasteiger partial charge in [-0.3, -0.25) is 9.78 Å². The Morgan fingerprint density at radius 2 is 2.19 bits per heavy atom. The molecule has 8 heteroatoms. The van der Waals surface area contributed by atoms with Crippen molar-refractivity contribution >= 4 is 22.7 Å². The summed E-state index contributed by atoms with van der Waals surface area (Å²) in [5.74, 6) is 0.265. The fraction of sp³-hybridized carbons (Fsp3) is 0.474. The average molecular weight is 388 g/mol. The van der Waals surface area contributed by atoms with Gasteiger partial charge in [0.1, 0.15) is 24.1 Å². The predicted octanol–water partition coefficient (Wildman–Crippen LogP) is 3.09. The number of hydrogen-bond acceptors (Lipinski definition) is 8. The molecule has 7 nitrogen and oxygen atoms in total. The molecule has 0 aliphatic carbocycles. The van der Waals surface area contributed by atoms with Gasteiger partial charge in [-0.25, -0.2) is 9.98 Å². The maximum absolute atomic E-state index is 12.5. The zero-order valence-corrected chi connectivity index (χ0v) is 16.8. The Bertz CT molecular complexity index is 877. The summed E-state index contributed by atoms with van der Waals surface area (Å²) in [4.78, 5) is 25.8. The summed E-state index contributed by atoms with van der Waals surface area (Å²) in [7, 11) is 1.55.